The van der Waals surface area contributed by atoms with Gasteiger partial charge in [-0.3, -0.25) is 0 Å². The molecule has 0 saturated heterocycles. The fourth-order valence-electron chi connectivity index (χ4n) is 19.0. The summed E-state index contributed by atoms with van der Waals surface area (Å²) in [5.74, 6) is 0.197. The Kier molecular flexibility index (Phi) is 50.4. The Labute approximate surface area is 887 Å². The molecular formula is C134H160F2O13. The Morgan fingerprint density at radius 1 is 0.282 bits per heavy atom. The summed E-state index contributed by atoms with van der Waals surface area (Å²) in [7, 11) is 0. The molecule has 13 nitrogen and oxygen atoms in total. The standard InChI is InChI=1S/C38H48O4.2C32H37FO3.C32H38O3/c1-5-6-7-8-29-9-11-30(12-10-29)31-13-15-32(16-14-31)36-19-17-33(25-28(36)4)34-18-20-37(41-24-22-39)35(26-34)21-23-42-38(40)27(2)3;2*1-4-5-6-8-24-10-12-26(13-11-24)27-16-17-30(31(33)22-27)29-15-14-25(9-7-19-34)28(21-29)18-20-36-32(35)23(2)3;1-4-5-6-8-25-10-14-27(15-11-25)29-18-19-31(28-16-12-26(13-17-28)9-7-21-33)30(23-29)20-22-35-32(34)24(2)3/h13-20,25-26,29-30,39H,2,5-12,21-24H2,1,3-4H3;2*10-17,21-22,34H,2,4-9,18-20H2,1,3H3;10-19,23,33H,2,4-9,20-22H2,1,3H3. The molecule has 149 heavy (non-hydrogen) atoms. The number of hydrogen-bond acceptors (Lipinski definition) is 13. The van der Waals surface area contributed by atoms with Crippen molar-refractivity contribution < 1.29 is 72.1 Å². The van der Waals surface area contributed by atoms with Crippen molar-refractivity contribution in [3.8, 4) is 94.8 Å². The van der Waals surface area contributed by atoms with Crippen LogP contribution in [0.3, 0.4) is 0 Å². The molecule has 1 aliphatic carbocycles. The highest BCUT2D eigenvalue weighted by Crippen LogP contribution is 2.42. The molecular weight excluding hydrogens is 1860 g/mol. The Morgan fingerprint density at radius 3 is 0.980 bits per heavy atom. The van der Waals surface area contributed by atoms with Gasteiger partial charge in [-0.2, -0.15) is 0 Å². The molecule has 0 amide bonds. The quantitative estimate of drug-likeness (QED) is 0.0122. The molecule has 0 atom stereocenters. The Morgan fingerprint density at radius 2 is 0.591 bits per heavy atom. The van der Waals surface area contributed by atoms with Gasteiger partial charge in [-0.05, 0) is 318 Å². The third-order valence-corrected chi connectivity index (χ3v) is 27.8. The summed E-state index contributed by atoms with van der Waals surface area (Å²) in [6.45, 7) is 33.7. The van der Waals surface area contributed by atoms with Crippen molar-refractivity contribution in [1.82, 2.24) is 0 Å². The third-order valence-electron chi connectivity index (χ3n) is 27.8. The number of carbonyl (C=O) groups excluding carboxylic acids is 4. The van der Waals surface area contributed by atoms with E-state index in [1.165, 1.54) is 159 Å². The topological polar surface area (TPSA) is 195 Å². The summed E-state index contributed by atoms with van der Waals surface area (Å²) in [6.07, 6.45) is 31.7. The zero-order valence-corrected chi connectivity index (χ0v) is 90.0. The molecule has 4 N–H and O–H groups in total. The van der Waals surface area contributed by atoms with Gasteiger partial charge in [-0.1, -0.05) is 343 Å². The Hall–Kier alpha value is -13.0. The molecule has 0 spiro atoms. The number of carbonyl (C=O) groups is 4. The number of aryl methyl sites for hydroxylation is 7. The van der Waals surface area contributed by atoms with Gasteiger partial charge in [-0.25, -0.2) is 28.0 Å². The first-order chi connectivity index (χ1) is 72.2. The highest BCUT2D eigenvalue weighted by Gasteiger charge is 2.24. The highest BCUT2D eigenvalue weighted by molar-refractivity contribution is 5.89. The van der Waals surface area contributed by atoms with E-state index in [-0.39, 0.29) is 70.5 Å². The first-order valence-electron chi connectivity index (χ1n) is 54.3. The van der Waals surface area contributed by atoms with Crippen LogP contribution in [0.4, 0.5) is 8.78 Å². The lowest BCUT2D eigenvalue weighted by Crippen LogP contribution is -2.13. The average molecular weight is 2020 g/mol. The van der Waals surface area contributed by atoms with Crippen LogP contribution in [0.1, 0.15) is 256 Å². The number of unbranched alkanes of at least 4 members (excludes halogenated alkanes) is 8. The van der Waals surface area contributed by atoms with E-state index < -0.39 is 17.9 Å². The largest absolute Gasteiger partial charge is 0.491 e. The monoisotopic (exact) mass is 2020 g/mol. The molecule has 13 rings (SSSR count). The van der Waals surface area contributed by atoms with Crippen LogP contribution in [0.2, 0.25) is 0 Å². The number of halogens is 2. The van der Waals surface area contributed by atoms with Gasteiger partial charge in [0.2, 0.25) is 0 Å². The predicted molar refractivity (Wildman–Crippen MR) is 609 cm³/mol. The zero-order valence-electron chi connectivity index (χ0n) is 90.0. The number of rotatable bonds is 53. The van der Waals surface area contributed by atoms with Gasteiger partial charge < -0.3 is 44.1 Å². The van der Waals surface area contributed by atoms with Crippen LogP contribution in [-0.4, -0.2) is 104 Å². The number of ether oxygens (including phenoxy) is 5. The summed E-state index contributed by atoms with van der Waals surface area (Å²) in [5.41, 5.74) is 31.3. The van der Waals surface area contributed by atoms with Crippen LogP contribution in [0, 0.1) is 24.5 Å². The number of esters is 4. The molecule has 0 radical (unpaired) electrons. The minimum atomic E-state index is -0.418. The van der Waals surface area contributed by atoms with E-state index in [1.54, 1.807) is 39.8 Å². The predicted octanol–water partition coefficient (Wildman–Crippen LogP) is 31.5. The first kappa shape index (κ1) is 118. The van der Waals surface area contributed by atoms with Crippen molar-refractivity contribution in [2.24, 2.45) is 5.92 Å². The lowest BCUT2D eigenvalue weighted by Gasteiger charge is -2.29. The van der Waals surface area contributed by atoms with Crippen molar-refractivity contribution in [2.75, 3.05) is 59.5 Å². The molecule has 0 aliphatic heterocycles. The maximum Gasteiger partial charge on any atom is 0.333 e. The molecule has 0 unspecified atom stereocenters. The first-order valence-corrected chi connectivity index (χ1v) is 54.3. The van der Waals surface area contributed by atoms with Gasteiger partial charge in [0.1, 0.15) is 24.0 Å². The van der Waals surface area contributed by atoms with E-state index in [2.05, 4.69) is 225 Å². The van der Waals surface area contributed by atoms with E-state index in [4.69, 9.17) is 28.8 Å². The van der Waals surface area contributed by atoms with Crippen molar-refractivity contribution in [2.45, 2.75) is 261 Å². The summed E-state index contributed by atoms with van der Waals surface area (Å²) in [4.78, 5) is 47.2. The fourth-order valence-corrected chi connectivity index (χ4v) is 19.0. The van der Waals surface area contributed by atoms with Gasteiger partial charge in [0.15, 0.2) is 0 Å². The van der Waals surface area contributed by atoms with E-state index in [0.717, 1.165) is 133 Å². The molecule has 0 bridgehead atoms. The molecule has 0 aromatic heterocycles. The smallest absolute Gasteiger partial charge is 0.333 e. The van der Waals surface area contributed by atoms with Gasteiger partial charge in [-0.15, -0.1) is 0 Å². The van der Waals surface area contributed by atoms with Crippen LogP contribution in [0.25, 0.3) is 89.0 Å². The van der Waals surface area contributed by atoms with Crippen LogP contribution in [0.5, 0.6) is 5.75 Å². The summed E-state index contributed by atoms with van der Waals surface area (Å²) >= 11 is 0. The molecule has 1 fully saturated rings. The number of aliphatic hydroxyl groups is 4. The van der Waals surface area contributed by atoms with Crippen molar-refractivity contribution in [3.05, 3.63) is 376 Å². The second kappa shape index (κ2) is 63.7. The van der Waals surface area contributed by atoms with Crippen molar-refractivity contribution in [3.63, 3.8) is 0 Å². The van der Waals surface area contributed by atoms with Crippen LogP contribution < -0.4 is 4.74 Å². The minimum absolute atomic E-state index is 0.0618. The molecule has 1 aliphatic rings. The lowest BCUT2D eigenvalue weighted by atomic mass is 9.77. The van der Waals surface area contributed by atoms with Gasteiger partial charge in [0.25, 0.3) is 0 Å². The van der Waals surface area contributed by atoms with E-state index in [1.807, 2.05) is 72.8 Å². The minimum Gasteiger partial charge on any atom is -0.491 e. The maximum absolute atomic E-state index is 15.3. The van der Waals surface area contributed by atoms with Gasteiger partial charge >= 0.3 is 23.9 Å². The van der Waals surface area contributed by atoms with Gasteiger partial charge in [0, 0.05) is 78.9 Å². The van der Waals surface area contributed by atoms with Crippen molar-refractivity contribution in [1.29, 1.82) is 0 Å². The Bertz CT molecular complexity index is 6070. The number of benzene rings is 12. The molecule has 1 saturated carbocycles. The SMILES string of the molecule is C=C(C)C(=O)OCCc1cc(-c2ccc(-c3ccc(C4CCC(CCCCC)CC4)cc3)c(C)c2)ccc1OCCO.C=C(C)C(=O)OCCc1cc(-c2ccc(-c3ccc(CCCCC)cc3)cc2F)ccc1CCCO.C=C(C)C(=O)OCCc1cc(-c2ccc(-c3ccc(CCCCC)cc3)cc2F)ccc1CCCO.C=C(C)C(=O)OCCc1cc(-c2ccc(CCCCC)cc2)ccc1-c1ccc(CCCO)cc1. The summed E-state index contributed by atoms with van der Waals surface area (Å²) in [6, 6.07) is 85.2. The number of aliphatic hydroxyl groups excluding tert-OH is 4. The summed E-state index contributed by atoms with van der Waals surface area (Å²) < 4.78 is 57.6. The van der Waals surface area contributed by atoms with E-state index in [9.17, 15) is 34.5 Å². The molecule has 0 heterocycles. The fraction of sp³-hybridized carbons (Fsp3) is 0.373. The van der Waals surface area contributed by atoms with Crippen molar-refractivity contribution >= 4 is 23.9 Å². The lowest BCUT2D eigenvalue weighted by molar-refractivity contribution is -0.139. The molecule has 12 aromatic carbocycles. The van der Waals surface area contributed by atoms with Crippen LogP contribution >= 0.6 is 0 Å². The second-order valence-corrected chi connectivity index (χ2v) is 39.8. The molecule has 788 valence electrons. The number of hydrogen-bond donors (Lipinski definition) is 4. The van der Waals surface area contributed by atoms with E-state index in [0.29, 0.717) is 103 Å². The second-order valence-electron chi connectivity index (χ2n) is 39.8. The van der Waals surface area contributed by atoms with E-state index >= 15 is 8.78 Å². The highest BCUT2D eigenvalue weighted by atomic mass is 19.1. The van der Waals surface area contributed by atoms with Crippen LogP contribution in [0.15, 0.2) is 297 Å². The maximum atomic E-state index is 15.3. The third kappa shape index (κ3) is 38.2. The zero-order chi connectivity index (χ0) is 107. The summed E-state index contributed by atoms with van der Waals surface area (Å²) in [5, 5.41) is 36.8. The van der Waals surface area contributed by atoms with Gasteiger partial charge in [0.05, 0.1) is 33.0 Å². The normalized spacial score (nSPS) is 12.5. The Balaban J connectivity index is 0.000000204. The molecule has 15 heteroatoms. The van der Waals surface area contributed by atoms with Crippen LogP contribution in [-0.2, 0) is 102 Å². The molecule has 12 aromatic rings. The average Bonchev–Trinajstić information content (AvgIpc) is 0.830.